The van der Waals surface area contributed by atoms with Crippen molar-refractivity contribution in [2.75, 3.05) is 25.7 Å². The average molecular weight is 446 g/mol. The van der Waals surface area contributed by atoms with Gasteiger partial charge in [-0.3, -0.25) is 19.3 Å². The Hall–Kier alpha value is -3.40. The molecule has 1 atom stereocenters. The number of nitrogens with two attached hydrogens (primary N) is 1. The van der Waals surface area contributed by atoms with Gasteiger partial charge in [0.05, 0.1) is 42.2 Å². The van der Waals surface area contributed by atoms with Crippen molar-refractivity contribution in [2.24, 2.45) is 5.73 Å². The molecular weight excluding hydrogens is 424 g/mol. The van der Waals surface area contributed by atoms with Crippen LogP contribution in [-0.2, 0) is 9.84 Å². The first-order chi connectivity index (χ1) is 14.6. The van der Waals surface area contributed by atoms with Crippen LogP contribution in [0.25, 0.3) is 0 Å². The summed E-state index contributed by atoms with van der Waals surface area (Å²) in [7, 11) is -2.16. The molecule has 0 radical (unpaired) electrons. The molecule has 9 nitrogen and oxygen atoms in total. The fraction of sp³-hybridized carbons (Fsp3) is 0.286. The molecule has 10 heteroatoms. The van der Waals surface area contributed by atoms with Crippen LogP contribution >= 0.6 is 0 Å². The molecule has 1 aliphatic rings. The average Bonchev–Trinajstić information content (AvgIpc) is 2.96. The van der Waals surface area contributed by atoms with Crippen molar-refractivity contribution >= 4 is 27.6 Å². The van der Waals surface area contributed by atoms with E-state index in [4.69, 9.17) is 15.2 Å². The molecule has 2 aromatic carbocycles. The van der Waals surface area contributed by atoms with Crippen LogP contribution in [0.1, 0.15) is 49.6 Å². The monoisotopic (exact) mass is 446 g/mol. The Kier molecular flexibility index (Phi) is 6.03. The predicted octanol–water partition coefficient (Wildman–Crippen LogP) is 1.57. The van der Waals surface area contributed by atoms with Gasteiger partial charge in [-0.1, -0.05) is 12.1 Å². The van der Waals surface area contributed by atoms with Crippen LogP contribution < -0.4 is 15.2 Å². The summed E-state index contributed by atoms with van der Waals surface area (Å²) >= 11 is 0. The van der Waals surface area contributed by atoms with E-state index < -0.39 is 39.4 Å². The van der Waals surface area contributed by atoms with Crippen molar-refractivity contribution in [1.29, 1.82) is 0 Å². The van der Waals surface area contributed by atoms with Crippen molar-refractivity contribution in [3.8, 4) is 11.5 Å². The third-order valence-electron chi connectivity index (χ3n) is 4.86. The molecule has 2 aromatic rings. The molecule has 0 bridgehead atoms. The Labute approximate surface area is 179 Å². The molecule has 3 amide bonds. The number of sulfone groups is 1. The van der Waals surface area contributed by atoms with Gasteiger partial charge in [0, 0.05) is 6.26 Å². The number of carbonyl (C=O) groups excluding carboxylic acids is 3. The smallest absolute Gasteiger partial charge is 0.262 e. The molecule has 0 spiro atoms. The summed E-state index contributed by atoms with van der Waals surface area (Å²) in [4.78, 5) is 39.0. The van der Waals surface area contributed by atoms with Crippen molar-refractivity contribution < 1.29 is 32.3 Å². The third kappa shape index (κ3) is 4.24. The van der Waals surface area contributed by atoms with E-state index >= 15 is 0 Å². The quantitative estimate of drug-likeness (QED) is 0.609. The molecule has 0 fully saturated rings. The number of primary amides is 1. The number of carbonyl (C=O) groups is 3. The molecule has 0 aromatic heterocycles. The van der Waals surface area contributed by atoms with E-state index in [0.29, 0.717) is 23.7 Å². The van der Waals surface area contributed by atoms with Crippen molar-refractivity contribution in [2.45, 2.75) is 13.0 Å². The number of imide groups is 1. The number of ether oxygens (including phenoxy) is 2. The molecule has 3 rings (SSSR count). The highest BCUT2D eigenvalue weighted by atomic mass is 32.2. The van der Waals surface area contributed by atoms with Gasteiger partial charge in [0.15, 0.2) is 11.5 Å². The van der Waals surface area contributed by atoms with Gasteiger partial charge in [-0.25, -0.2) is 8.42 Å². The van der Waals surface area contributed by atoms with Crippen LogP contribution in [0.15, 0.2) is 36.4 Å². The topological polar surface area (TPSA) is 133 Å². The van der Waals surface area contributed by atoms with Crippen LogP contribution in [-0.4, -0.2) is 56.8 Å². The second-order valence-electron chi connectivity index (χ2n) is 7.02. The molecule has 0 unspecified atom stereocenters. The van der Waals surface area contributed by atoms with E-state index in [-0.39, 0.29) is 16.7 Å². The van der Waals surface area contributed by atoms with Crippen LogP contribution in [0.5, 0.6) is 11.5 Å². The third-order valence-corrected chi connectivity index (χ3v) is 5.78. The molecule has 2 N–H and O–H groups in total. The first-order valence-electron chi connectivity index (χ1n) is 9.38. The number of rotatable bonds is 8. The van der Waals surface area contributed by atoms with Crippen LogP contribution in [0.4, 0.5) is 0 Å². The number of hydrogen-bond donors (Lipinski definition) is 1. The lowest BCUT2D eigenvalue weighted by molar-refractivity contribution is 0.0595. The summed E-state index contributed by atoms with van der Waals surface area (Å²) < 4.78 is 35.2. The van der Waals surface area contributed by atoms with E-state index in [1.807, 2.05) is 0 Å². The predicted molar refractivity (Wildman–Crippen MR) is 112 cm³/mol. The summed E-state index contributed by atoms with van der Waals surface area (Å²) in [5, 5.41) is 0. The summed E-state index contributed by atoms with van der Waals surface area (Å²) in [6, 6.07) is 7.73. The zero-order chi connectivity index (χ0) is 22.9. The highest BCUT2D eigenvalue weighted by molar-refractivity contribution is 7.90. The van der Waals surface area contributed by atoms with Crippen LogP contribution in [0.3, 0.4) is 0 Å². The molecular formula is C21H22N2O7S. The molecule has 1 aliphatic heterocycles. The van der Waals surface area contributed by atoms with E-state index in [9.17, 15) is 22.8 Å². The van der Waals surface area contributed by atoms with E-state index in [1.165, 1.54) is 31.4 Å². The Bertz CT molecular complexity index is 1170. The number of amides is 3. The van der Waals surface area contributed by atoms with Gasteiger partial charge >= 0.3 is 0 Å². The van der Waals surface area contributed by atoms with Gasteiger partial charge in [0.2, 0.25) is 5.91 Å². The first kappa shape index (κ1) is 22.3. The van der Waals surface area contributed by atoms with Gasteiger partial charge in [-0.15, -0.1) is 0 Å². The highest BCUT2D eigenvalue weighted by Gasteiger charge is 2.43. The lowest BCUT2D eigenvalue weighted by atomic mass is 10.0. The number of hydrogen-bond acceptors (Lipinski definition) is 7. The molecule has 1 heterocycles. The summed E-state index contributed by atoms with van der Waals surface area (Å²) in [6.45, 7) is 2.10. The molecule has 0 aliphatic carbocycles. The second-order valence-corrected chi connectivity index (χ2v) is 9.21. The molecule has 0 saturated carbocycles. The standard InChI is InChI=1S/C21H22N2O7S/c1-4-30-17-10-12(8-9-16(17)29-2)15(11-31(3,27)28)23-20(25)14-7-5-6-13(19(22)24)18(14)21(23)26/h5-10,15H,4,11H2,1-3H3,(H2,22,24)/t15-/m1/s1. The Morgan fingerprint density at radius 1 is 1.13 bits per heavy atom. The second kappa shape index (κ2) is 8.38. The molecule has 31 heavy (non-hydrogen) atoms. The van der Waals surface area contributed by atoms with Gasteiger partial charge in [0.25, 0.3) is 11.8 Å². The van der Waals surface area contributed by atoms with E-state index in [0.717, 1.165) is 11.2 Å². The zero-order valence-corrected chi connectivity index (χ0v) is 18.1. The van der Waals surface area contributed by atoms with E-state index in [1.54, 1.807) is 19.1 Å². The van der Waals surface area contributed by atoms with E-state index in [2.05, 4.69) is 0 Å². The van der Waals surface area contributed by atoms with Crippen LogP contribution in [0, 0.1) is 0 Å². The summed E-state index contributed by atoms with van der Waals surface area (Å²) in [5.74, 6) is -2.09. The maximum Gasteiger partial charge on any atom is 0.262 e. The fourth-order valence-electron chi connectivity index (χ4n) is 3.57. The maximum absolute atomic E-state index is 13.2. The van der Waals surface area contributed by atoms with Gasteiger partial charge in [-0.05, 0) is 36.8 Å². The summed E-state index contributed by atoms with van der Waals surface area (Å²) in [6.07, 6.45) is 1.01. The van der Waals surface area contributed by atoms with Crippen molar-refractivity contribution in [1.82, 2.24) is 4.90 Å². The van der Waals surface area contributed by atoms with Gasteiger partial charge < -0.3 is 15.2 Å². The largest absolute Gasteiger partial charge is 0.493 e. The first-order valence-corrected chi connectivity index (χ1v) is 11.4. The lowest BCUT2D eigenvalue weighted by Gasteiger charge is -2.27. The molecule has 164 valence electrons. The van der Waals surface area contributed by atoms with Gasteiger partial charge in [0.1, 0.15) is 9.84 Å². The lowest BCUT2D eigenvalue weighted by Crippen LogP contribution is -2.38. The number of nitrogens with zero attached hydrogens (tertiary/aromatic N) is 1. The highest BCUT2D eigenvalue weighted by Crippen LogP contribution is 2.37. The Morgan fingerprint density at radius 2 is 1.84 bits per heavy atom. The minimum atomic E-state index is -3.62. The minimum Gasteiger partial charge on any atom is -0.493 e. The van der Waals surface area contributed by atoms with Gasteiger partial charge in [-0.2, -0.15) is 0 Å². The summed E-state index contributed by atoms with van der Waals surface area (Å²) in [5.41, 5.74) is 5.51. The maximum atomic E-state index is 13.2. The minimum absolute atomic E-state index is 0.00153. The number of methoxy groups -OCH3 is 1. The normalized spacial score (nSPS) is 14.4. The van der Waals surface area contributed by atoms with Crippen molar-refractivity contribution in [3.63, 3.8) is 0 Å². The Balaban J connectivity index is 2.16. The Morgan fingerprint density at radius 3 is 2.42 bits per heavy atom. The number of benzene rings is 2. The zero-order valence-electron chi connectivity index (χ0n) is 17.2. The fourth-order valence-corrected chi connectivity index (χ4v) is 4.48. The number of fused-ring (bicyclic) bond motifs is 1. The molecule has 0 saturated heterocycles. The van der Waals surface area contributed by atoms with Crippen LogP contribution in [0.2, 0.25) is 0 Å². The van der Waals surface area contributed by atoms with Crippen molar-refractivity contribution in [3.05, 3.63) is 58.7 Å². The SMILES string of the molecule is CCOc1cc([C@@H](CS(C)(=O)=O)N2C(=O)c3cccc(C(N)=O)c3C2=O)ccc1OC.